The Labute approximate surface area is 270 Å². The SMILES string of the molecule is CC[C@@H](C(=O)NC(C)(C)C)N(Cc1ccc(Cl)cc1Cl)C(=O)CN(c1ccc(OC)c(OC)c1)S(=O)(=O)c1ccc(C)cc1. The van der Waals surface area contributed by atoms with Crippen LogP contribution >= 0.6 is 23.2 Å². The van der Waals surface area contributed by atoms with E-state index < -0.39 is 34.1 Å². The van der Waals surface area contributed by atoms with Gasteiger partial charge >= 0.3 is 0 Å². The Hall–Kier alpha value is -3.47. The fourth-order valence-corrected chi connectivity index (χ4v) is 6.43. The molecule has 0 bridgehead atoms. The molecule has 0 aromatic heterocycles. The van der Waals surface area contributed by atoms with Gasteiger partial charge in [0.25, 0.3) is 10.0 Å². The van der Waals surface area contributed by atoms with Gasteiger partial charge in [0.15, 0.2) is 11.5 Å². The van der Waals surface area contributed by atoms with E-state index in [1.54, 1.807) is 43.3 Å². The average molecular weight is 665 g/mol. The summed E-state index contributed by atoms with van der Waals surface area (Å²) in [6, 6.07) is 14.9. The Morgan fingerprint density at radius 1 is 0.932 bits per heavy atom. The lowest BCUT2D eigenvalue weighted by atomic mass is 10.1. The average Bonchev–Trinajstić information content (AvgIpc) is 2.95. The molecule has 0 aliphatic carbocycles. The van der Waals surface area contributed by atoms with Gasteiger partial charge in [-0.3, -0.25) is 13.9 Å². The molecular formula is C32H39Cl2N3O6S. The van der Waals surface area contributed by atoms with E-state index in [4.69, 9.17) is 32.7 Å². The van der Waals surface area contributed by atoms with E-state index in [0.29, 0.717) is 21.4 Å². The van der Waals surface area contributed by atoms with Crippen LogP contribution in [-0.2, 0) is 26.2 Å². The first-order chi connectivity index (χ1) is 20.6. The number of halogens is 2. The maximum absolute atomic E-state index is 14.3. The van der Waals surface area contributed by atoms with Gasteiger partial charge in [0.05, 0.1) is 24.8 Å². The fourth-order valence-electron chi connectivity index (χ4n) is 4.55. The number of methoxy groups -OCH3 is 2. The highest BCUT2D eigenvalue weighted by atomic mass is 35.5. The zero-order valence-electron chi connectivity index (χ0n) is 26.0. The summed E-state index contributed by atoms with van der Waals surface area (Å²) in [5.41, 5.74) is 1.02. The van der Waals surface area contributed by atoms with Crippen LogP contribution < -0.4 is 19.1 Å². The molecule has 0 aliphatic rings. The minimum absolute atomic E-state index is 0.00417. The number of nitrogens with one attached hydrogen (secondary N) is 1. The zero-order chi connectivity index (χ0) is 32.8. The Kier molecular flexibility index (Phi) is 11.6. The summed E-state index contributed by atoms with van der Waals surface area (Å²) in [4.78, 5) is 29.2. The number of carbonyl (C=O) groups is 2. The lowest BCUT2D eigenvalue weighted by Crippen LogP contribution is -2.55. The van der Waals surface area contributed by atoms with E-state index >= 15 is 0 Å². The number of hydrogen-bond acceptors (Lipinski definition) is 6. The van der Waals surface area contributed by atoms with E-state index in [-0.39, 0.29) is 35.2 Å². The predicted octanol–water partition coefficient (Wildman–Crippen LogP) is 6.24. The quantitative estimate of drug-likeness (QED) is 0.246. The van der Waals surface area contributed by atoms with Gasteiger partial charge in [0.1, 0.15) is 12.6 Å². The second-order valence-electron chi connectivity index (χ2n) is 11.3. The molecule has 3 aromatic carbocycles. The van der Waals surface area contributed by atoms with Crippen LogP contribution in [0.2, 0.25) is 10.0 Å². The van der Waals surface area contributed by atoms with Crippen LogP contribution in [0.25, 0.3) is 0 Å². The molecule has 9 nitrogen and oxygen atoms in total. The highest BCUT2D eigenvalue weighted by Gasteiger charge is 2.35. The molecule has 3 rings (SSSR count). The molecule has 2 amide bonds. The highest BCUT2D eigenvalue weighted by Crippen LogP contribution is 2.34. The number of carbonyl (C=O) groups excluding carboxylic acids is 2. The third kappa shape index (κ3) is 8.58. The molecular weight excluding hydrogens is 625 g/mol. The molecule has 238 valence electrons. The number of benzene rings is 3. The second kappa shape index (κ2) is 14.5. The van der Waals surface area contributed by atoms with E-state index in [0.717, 1.165) is 9.87 Å². The highest BCUT2D eigenvalue weighted by molar-refractivity contribution is 7.92. The van der Waals surface area contributed by atoms with Crippen molar-refractivity contribution in [3.8, 4) is 11.5 Å². The summed E-state index contributed by atoms with van der Waals surface area (Å²) in [6.45, 7) is 8.48. The van der Waals surface area contributed by atoms with Gasteiger partial charge in [-0.2, -0.15) is 0 Å². The summed E-state index contributed by atoms with van der Waals surface area (Å²) < 4.78 is 40.0. The van der Waals surface area contributed by atoms with Gasteiger partial charge < -0.3 is 19.7 Å². The molecule has 3 aromatic rings. The molecule has 0 aliphatic heterocycles. The van der Waals surface area contributed by atoms with Crippen LogP contribution in [0.3, 0.4) is 0 Å². The number of rotatable bonds is 12. The van der Waals surface area contributed by atoms with E-state index in [1.807, 2.05) is 27.7 Å². The number of aryl methyl sites for hydroxylation is 1. The van der Waals surface area contributed by atoms with Gasteiger partial charge in [0.2, 0.25) is 11.8 Å². The fraction of sp³-hybridized carbons (Fsp3) is 0.375. The molecule has 0 saturated carbocycles. The summed E-state index contributed by atoms with van der Waals surface area (Å²) in [5.74, 6) is -0.323. The third-order valence-electron chi connectivity index (χ3n) is 6.78. The van der Waals surface area contributed by atoms with Crippen LogP contribution in [0, 0.1) is 6.92 Å². The molecule has 0 radical (unpaired) electrons. The molecule has 0 unspecified atom stereocenters. The molecule has 0 spiro atoms. The molecule has 1 atom stereocenters. The van der Waals surface area contributed by atoms with Gasteiger partial charge in [-0.1, -0.05) is 53.9 Å². The van der Waals surface area contributed by atoms with Crippen LogP contribution in [-0.4, -0.2) is 57.5 Å². The number of anilines is 1. The summed E-state index contributed by atoms with van der Waals surface area (Å²) in [5, 5.41) is 3.67. The summed E-state index contributed by atoms with van der Waals surface area (Å²) >= 11 is 12.6. The van der Waals surface area contributed by atoms with Crippen molar-refractivity contribution in [3.63, 3.8) is 0 Å². The molecule has 1 N–H and O–H groups in total. The van der Waals surface area contributed by atoms with Crippen LogP contribution in [0.1, 0.15) is 45.2 Å². The molecule has 0 heterocycles. The first kappa shape index (κ1) is 35.0. The van der Waals surface area contributed by atoms with E-state index in [1.165, 1.54) is 43.4 Å². The summed E-state index contributed by atoms with van der Waals surface area (Å²) in [6.07, 6.45) is 0.264. The van der Waals surface area contributed by atoms with Crippen molar-refractivity contribution in [2.45, 2.75) is 64.1 Å². The van der Waals surface area contributed by atoms with Gasteiger partial charge in [-0.25, -0.2) is 8.42 Å². The zero-order valence-corrected chi connectivity index (χ0v) is 28.3. The van der Waals surface area contributed by atoms with Gasteiger partial charge in [-0.15, -0.1) is 0 Å². The Balaban J connectivity index is 2.15. The van der Waals surface area contributed by atoms with Crippen molar-refractivity contribution in [1.29, 1.82) is 0 Å². The van der Waals surface area contributed by atoms with Crippen LogP contribution in [0.5, 0.6) is 11.5 Å². The normalized spacial score (nSPS) is 12.3. The van der Waals surface area contributed by atoms with Crippen molar-refractivity contribution >= 4 is 50.7 Å². The lowest BCUT2D eigenvalue weighted by molar-refractivity contribution is -0.141. The summed E-state index contributed by atoms with van der Waals surface area (Å²) in [7, 11) is -1.37. The van der Waals surface area contributed by atoms with E-state index in [9.17, 15) is 18.0 Å². The van der Waals surface area contributed by atoms with E-state index in [2.05, 4.69) is 5.32 Å². The standard InChI is InChI=1S/C32H39Cl2N3O6S/c1-8-27(31(39)35-32(3,4)5)36(19-22-11-12-23(33)17-26(22)34)30(38)20-37(24-13-16-28(42-6)29(18-24)43-7)44(40,41)25-14-9-21(2)10-15-25/h9-18,27H,8,19-20H2,1-7H3,(H,35,39)/t27-/m0/s1. The minimum atomic E-state index is -4.27. The third-order valence-corrected chi connectivity index (χ3v) is 9.16. The first-order valence-electron chi connectivity index (χ1n) is 14.0. The molecule has 0 saturated heterocycles. The van der Waals surface area contributed by atoms with Crippen molar-refractivity contribution in [2.24, 2.45) is 0 Å². The smallest absolute Gasteiger partial charge is 0.264 e. The van der Waals surface area contributed by atoms with Crippen LogP contribution in [0.15, 0.2) is 65.6 Å². The van der Waals surface area contributed by atoms with Crippen molar-refractivity contribution in [1.82, 2.24) is 10.2 Å². The minimum Gasteiger partial charge on any atom is -0.493 e. The number of sulfonamides is 1. The van der Waals surface area contributed by atoms with Crippen LogP contribution in [0.4, 0.5) is 5.69 Å². The number of ether oxygens (including phenoxy) is 2. The van der Waals surface area contributed by atoms with Crippen molar-refractivity contribution in [2.75, 3.05) is 25.1 Å². The lowest BCUT2D eigenvalue weighted by Gasteiger charge is -2.35. The topological polar surface area (TPSA) is 105 Å². The molecule has 12 heteroatoms. The Bertz CT molecular complexity index is 1590. The number of amides is 2. The number of nitrogens with zero attached hydrogens (tertiary/aromatic N) is 2. The Morgan fingerprint density at radius 2 is 1.57 bits per heavy atom. The largest absolute Gasteiger partial charge is 0.493 e. The molecule has 44 heavy (non-hydrogen) atoms. The van der Waals surface area contributed by atoms with Crippen molar-refractivity contribution in [3.05, 3.63) is 81.8 Å². The van der Waals surface area contributed by atoms with Crippen molar-refractivity contribution < 1.29 is 27.5 Å². The van der Waals surface area contributed by atoms with Gasteiger partial charge in [0, 0.05) is 28.2 Å². The maximum atomic E-state index is 14.3. The molecule has 0 fully saturated rings. The monoisotopic (exact) mass is 663 g/mol. The Morgan fingerprint density at radius 3 is 2.11 bits per heavy atom. The maximum Gasteiger partial charge on any atom is 0.264 e. The van der Waals surface area contributed by atoms with Gasteiger partial charge in [-0.05, 0) is 76.1 Å². The second-order valence-corrected chi connectivity index (χ2v) is 14.0. The predicted molar refractivity (Wildman–Crippen MR) is 174 cm³/mol. The number of hydrogen-bond donors (Lipinski definition) is 1. The first-order valence-corrected chi connectivity index (χ1v) is 16.2.